The highest BCUT2D eigenvalue weighted by atomic mass is 16.5. The summed E-state index contributed by atoms with van der Waals surface area (Å²) in [5, 5.41) is 24.2. The minimum absolute atomic E-state index is 0.0855. The molecule has 2 fully saturated rings. The second kappa shape index (κ2) is 10.9. The van der Waals surface area contributed by atoms with Crippen molar-refractivity contribution in [3.05, 3.63) is 48.4 Å². The molecular formula is C24H28N6O3. The first-order valence-electron chi connectivity index (χ1n) is 11.1. The zero-order valence-electron chi connectivity index (χ0n) is 18.6. The first kappa shape index (κ1) is 22.7. The predicted molar refractivity (Wildman–Crippen MR) is 123 cm³/mol. The molecule has 0 bridgehead atoms. The predicted octanol–water partition coefficient (Wildman–Crippen LogP) is 3.53. The van der Waals surface area contributed by atoms with Crippen LogP contribution in [-0.4, -0.2) is 51.3 Å². The van der Waals surface area contributed by atoms with Crippen LogP contribution in [-0.2, 0) is 11.3 Å². The van der Waals surface area contributed by atoms with E-state index in [1.165, 1.54) is 12.8 Å². The molecule has 5 rings (SSSR count). The van der Waals surface area contributed by atoms with Gasteiger partial charge in [-0.25, -0.2) is 9.97 Å². The van der Waals surface area contributed by atoms with Gasteiger partial charge in [0.1, 0.15) is 17.9 Å². The molecule has 9 nitrogen and oxygen atoms in total. The number of rotatable bonds is 7. The molecule has 0 amide bonds. The van der Waals surface area contributed by atoms with E-state index in [0.717, 1.165) is 49.4 Å². The van der Waals surface area contributed by atoms with Crippen molar-refractivity contribution >= 4 is 11.6 Å². The van der Waals surface area contributed by atoms with Crippen LogP contribution in [0.1, 0.15) is 31.2 Å². The first-order valence-corrected chi connectivity index (χ1v) is 11.1. The van der Waals surface area contributed by atoms with Crippen molar-refractivity contribution in [3.8, 4) is 23.1 Å². The van der Waals surface area contributed by atoms with Gasteiger partial charge >= 0.3 is 0 Å². The van der Waals surface area contributed by atoms with E-state index in [2.05, 4.69) is 26.5 Å². The summed E-state index contributed by atoms with van der Waals surface area (Å²) in [6.45, 7) is 2.35. The van der Waals surface area contributed by atoms with Crippen molar-refractivity contribution in [3.63, 3.8) is 0 Å². The number of hydrogen-bond acceptors (Lipinski definition) is 8. The van der Waals surface area contributed by atoms with Gasteiger partial charge in [0.25, 0.3) is 0 Å². The number of anilines is 2. The third kappa shape index (κ3) is 6.06. The Kier molecular flexibility index (Phi) is 7.50. The lowest BCUT2D eigenvalue weighted by atomic mass is 10.1. The van der Waals surface area contributed by atoms with Gasteiger partial charge < -0.3 is 19.9 Å². The molecule has 0 unspecified atom stereocenters. The van der Waals surface area contributed by atoms with Gasteiger partial charge in [-0.05, 0) is 43.0 Å². The van der Waals surface area contributed by atoms with Crippen LogP contribution in [0.4, 0.5) is 11.6 Å². The van der Waals surface area contributed by atoms with Crippen molar-refractivity contribution in [1.82, 2.24) is 19.7 Å². The van der Waals surface area contributed by atoms with E-state index < -0.39 is 0 Å². The number of aliphatic hydroxyl groups excluding tert-OH is 1. The molecule has 9 heteroatoms. The summed E-state index contributed by atoms with van der Waals surface area (Å²) >= 11 is 0. The van der Waals surface area contributed by atoms with Crippen LogP contribution in [0.5, 0.6) is 5.75 Å². The van der Waals surface area contributed by atoms with E-state index in [4.69, 9.17) is 14.6 Å². The van der Waals surface area contributed by atoms with Crippen LogP contribution in [0, 0.1) is 17.2 Å². The molecule has 3 heterocycles. The molecule has 1 aliphatic heterocycles. The van der Waals surface area contributed by atoms with Crippen LogP contribution in [0.2, 0.25) is 0 Å². The SMILES string of the molecule is CO.N#Cc1cc(-c2ccnc(Nc3cnn(CC4CC4)c3)n2)ccc1OC1CCOCC1. The molecule has 3 aromatic rings. The van der Waals surface area contributed by atoms with Crippen molar-refractivity contribution in [1.29, 1.82) is 5.26 Å². The van der Waals surface area contributed by atoms with Gasteiger partial charge in [-0.15, -0.1) is 0 Å². The number of ether oxygens (including phenoxy) is 2. The highest BCUT2D eigenvalue weighted by Crippen LogP contribution is 2.31. The van der Waals surface area contributed by atoms with E-state index in [0.29, 0.717) is 30.5 Å². The Balaban J connectivity index is 0.00000126. The van der Waals surface area contributed by atoms with Crippen LogP contribution in [0.25, 0.3) is 11.3 Å². The highest BCUT2D eigenvalue weighted by molar-refractivity contribution is 5.65. The fourth-order valence-corrected chi connectivity index (χ4v) is 3.65. The molecule has 33 heavy (non-hydrogen) atoms. The maximum Gasteiger partial charge on any atom is 0.227 e. The third-order valence-electron chi connectivity index (χ3n) is 5.54. The average Bonchev–Trinajstić information content (AvgIpc) is 3.58. The Bertz CT molecular complexity index is 1100. The van der Waals surface area contributed by atoms with Gasteiger partial charge in [-0.2, -0.15) is 10.4 Å². The van der Waals surface area contributed by atoms with Gasteiger partial charge in [-0.3, -0.25) is 4.68 Å². The summed E-state index contributed by atoms with van der Waals surface area (Å²) in [4.78, 5) is 8.93. The first-order chi connectivity index (χ1) is 16.3. The van der Waals surface area contributed by atoms with Crippen molar-refractivity contribution in [2.24, 2.45) is 5.92 Å². The van der Waals surface area contributed by atoms with Gasteiger partial charge in [-0.1, -0.05) is 0 Å². The van der Waals surface area contributed by atoms with Gasteiger partial charge in [0.2, 0.25) is 5.95 Å². The minimum atomic E-state index is 0.0855. The van der Waals surface area contributed by atoms with E-state index >= 15 is 0 Å². The Morgan fingerprint density at radius 3 is 2.79 bits per heavy atom. The fourth-order valence-electron chi connectivity index (χ4n) is 3.65. The smallest absolute Gasteiger partial charge is 0.227 e. The van der Waals surface area contributed by atoms with E-state index in [1.54, 1.807) is 12.4 Å². The average molecular weight is 449 g/mol. The van der Waals surface area contributed by atoms with Crippen LogP contribution in [0.3, 0.4) is 0 Å². The van der Waals surface area contributed by atoms with Crippen molar-refractivity contribution in [2.75, 3.05) is 25.6 Å². The molecule has 2 N–H and O–H groups in total. The molecular weight excluding hydrogens is 420 g/mol. The minimum Gasteiger partial charge on any atom is -0.489 e. The summed E-state index contributed by atoms with van der Waals surface area (Å²) in [5.74, 6) is 1.86. The maximum absolute atomic E-state index is 9.63. The second-order valence-electron chi connectivity index (χ2n) is 8.04. The van der Waals surface area contributed by atoms with Crippen LogP contribution < -0.4 is 10.1 Å². The van der Waals surface area contributed by atoms with Crippen molar-refractivity contribution in [2.45, 2.75) is 38.3 Å². The summed E-state index contributed by atoms with van der Waals surface area (Å²) in [6.07, 6.45) is 9.81. The molecule has 0 atom stereocenters. The largest absolute Gasteiger partial charge is 0.489 e. The molecule has 1 aromatic carbocycles. The summed E-state index contributed by atoms with van der Waals surface area (Å²) in [6, 6.07) is 9.66. The highest BCUT2D eigenvalue weighted by Gasteiger charge is 2.22. The number of aliphatic hydroxyl groups is 1. The molecule has 1 saturated heterocycles. The molecule has 0 spiro atoms. The lowest BCUT2D eigenvalue weighted by molar-refractivity contribution is 0.0254. The monoisotopic (exact) mass is 448 g/mol. The fraction of sp³-hybridized carbons (Fsp3) is 0.417. The molecule has 2 aliphatic rings. The van der Waals surface area contributed by atoms with Gasteiger partial charge in [0.15, 0.2) is 0 Å². The van der Waals surface area contributed by atoms with E-state index in [9.17, 15) is 5.26 Å². The number of nitrogens with one attached hydrogen (secondary N) is 1. The number of aromatic nitrogens is 4. The van der Waals surface area contributed by atoms with E-state index in [1.807, 2.05) is 35.1 Å². The maximum atomic E-state index is 9.63. The second-order valence-corrected chi connectivity index (χ2v) is 8.04. The Morgan fingerprint density at radius 1 is 1.21 bits per heavy atom. The van der Waals surface area contributed by atoms with Crippen LogP contribution >= 0.6 is 0 Å². The van der Waals surface area contributed by atoms with E-state index in [-0.39, 0.29) is 6.10 Å². The number of nitriles is 1. The molecule has 2 aromatic heterocycles. The zero-order valence-corrected chi connectivity index (χ0v) is 18.6. The quantitative estimate of drug-likeness (QED) is 0.564. The summed E-state index contributed by atoms with van der Waals surface area (Å²) < 4.78 is 13.4. The lowest BCUT2D eigenvalue weighted by Crippen LogP contribution is -2.26. The van der Waals surface area contributed by atoms with Crippen molar-refractivity contribution < 1.29 is 14.6 Å². The number of benzene rings is 1. The van der Waals surface area contributed by atoms with Crippen LogP contribution in [0.15, 0.2) is 42.9 Å². The van der Waals surface area contributed by atoms with Gasteiger partial charge in [0.05, 0.1) is 36.4 Å². The number of nitrogens with zero attached hydrogens (tertiary/aromatic N) is 5. The topological polar surface area (TPSA) is 118 Å². The number of hydrogen-bond donors (Lipinski definition) is 2. The zero-order chi connectivity index (χ0) is 23.0. The Labute approximate surface area is 193 Å². The Hall–Kier alpha value is -3.48. The Morgan fingerprint density at radius 2 is 2.03 bits per heavy atom. The molecule has 1 saturated carbocycles. The summed E-state index contributed by atoms with van der Waals surface area (Å²) in [5.41, 5.74) is 2.93. The summed E-state index contributed by atoms with van der Waals surface area (Å²) in [7, 11) is 1.00. The third-order valence-corrected chi connectivity index (χ3v) is 5.54. The molecule has 172 valence electrons. The molecule has 0 radical (unpaired) electrons. The standard InChI is InChI=1S/C23H24N6O2.CH4O/c24-12-18-11-17(3-4-22(18)31-20-6-9-30-10-7-20)21-5-8-25-23(28-21)27-19-13-26-29(15-19)14-16-1-2-16;1-2/h3-5,8,11,13,15-16,20H,1-2,6-7,9-10,14H2,(H,25,27,28);2H,1H3. The molecule has 1 aliphatic carbocycles. The lowest BCUT2D eigenvalue weighted by Gasteiger charge is -2.23. The van der Waals surface area contributed by atoms with Gasteiger partial charge in [0, 0.05) is 44.5 Å². The normalized spacial score (nSPS) is 15.8.